The molecular formula is C19H22N2O2. The summed E-state index contributed by atoms with van der Waals surface area (Å²) in [6.45, 7) is 1.47. The fourth-order valence-electron chi connectivity index (χ4n) is 3.03. The van der Waals surface area contributed by atoms with Crippen molar-refractivity contribution in [3.63, 3.8) is 0 Å². The van der Waals surface area contributed by atoms with Crippen LogP contribution < -0.4 is 0 Å². The molecule has 2 aromatic rings. The summed E-state index contributed by atoms with van der Waals surface area (Å²) in [5, 5.41) is 1.13. The molecule has 1 aromatic heterocycles. The Morgan fingerprint density at radius 3 is 3.17 bits per heavy atom. The highest BCUT2D eigenvalue weighted by molar-refractivity contribution is 5.89. The maximum Gasteiger partial charge on any atom is 0.227 e. The van der Waals surface area contributed by atoms with Gasteiger partial charge in [0.1, 0.15) is 0 Å². The molecule has 1 atom stereocenters. The van der Waals surface area contributed by atoms with Crippen LogP contribution in [-0.4, -0.2) is 36.0 Å². The number of para-hydroxylation sites is 1. The van der Waals surface area contributed by atoms with Crippen LogP contribution in [0.15, 0.2) is 55.0 Å². The zero-order chi connectivity index (χ0) is 16.1. The summed E-state index contributed by atoms with van der Waals surface area (Å²) in [5.74, 6) is 0.543. The highest BCUT2D eigenvalue weighted by atomic mass is 16.5. The third-order valence-corrected chi connectivity index (χ3v) is 4.23. The minimum atomic E-state index is 0.180. The average Bonchev–Trinajstić information content (AvgIpc) is 2.99. The number of aromatic amines is 1. The second-order valence-electron chi connectivity index (χ2n) is 5.87. The van der Waals surface area contributed by atoms with Gasteiger partial charge < -0.3 is 14.6 Å². The SMILES string of the molecule is CO/C=C/C[C@H]1C=CCN(C(=O)Cc2c[nH]c3ccccc23)C1. The van der Waals surface area contributed by atoms with Crippen molar-refractivity contribution in [2.24, 2.45) is 5.92 Å². The fraction of sp³-hybridized carbons (Fsp3) is 0.316. The molecule has 2 heterocycles. The number of methoxy groups -OCH3 is 1. The molecule has 0 radical (unpaired) electrons. The van der Waals surface area contributed by atoms with Gasteiger partial charge in [0, 0.05) is 30.2 Å². The van der Waals surface area contributed by atoms with Gasteiger partial charge in [-0.2, -0.15) is 0 Å². The number of allylic oxidation sites excluding steroid dienone is 1. The van der Waals surface area contributed by atoms with Crippen LogP contribution in [0.1, 0.15) is 12.0 Å². The van der Waals surface area contributed by atoms with Crippen molar-refractivity contribution in [3.05, 3.63) is 60.5 Å². The van der Waals surface area contributed by atoms with E-state index in [-0.39, 0.29) is 5.91 Å². The van der Waals surface area contributed by atoms with Crippen molar-refractivity contribution in [2.45, 2.75) is 12.8 Å². The Hall–Kier alpha value is -2.49. The second-order valence-corrected chi connectivity index (χ2v) is 5.87. The maximum atomic E-state index is 12.6. The molecule has 23 heavy (non-hydrogen) atoms. The monoisotopic (exact) mass is 310 g/mol. The number of amides is 1. The van der Waals surface area contributed by atoms with Gasteiger partial charge in [-0.25, -0.2) is 0 Å². The Morgan fingerprint density at radius 2 is 2.30 bits per heavy atom. The van der Waals surface area contributed by atoms with Gasteiger partial charge in [0.05, 0.1) is 19.8 Å². The van der Waals surface area contributed by atoms with Gasteiger partial charge in [-0.3, -0.25) is 4.79 Å². The van der Waals surface area contributed by atoms with E-state index in [9.17, 15) is 4.79 Å². The summed E-state index contributed by atoms with van der Waals surface area (Å²) in [5.41, 5.74) is 2.15. The first-order valence-electron chi connectivity index (χ1n) is 7.95. The molecule has 120 valence electrons. The highest BCUT2D eigenvalue weighted by Gasteiger charge is 2.20. The molecule has 1 aromatic carbocycles. The van der Waals surface area contributed by atoms with Gasteiger partial charge in [-0.15, -0.1) is 0 Å². The van der Waals surface area contributed by atoms with Crippen LogP contribution in [0.4, 0.5) is 0 Å². The molecule has 0 spiro atoms. The van der Waals surface area contributed by atoms with Crippen molar-refractivity contribution < 1.29 is 9.53 Å². The van der Waals surface area contributed by atoms with Crippen LogP contribution in [0, 0.1) is 5.92 Å². The molecule has 0 fully saturated rings. The second kappa shape index (κ2) is 7.18. The van der Waals surface area contributed by atoms with E-state index in [2.05, 4.69) is 23.2 Å². The molecule has 4 nitrogen and oxygen atoms in total. The number of aromatic nitrogens is 1. The Bertz CT molecular complexity index is 730. The van der Waals surface area contributed by atoms with E-state index in [0.717, 1.165) is 29.4 Å². The number of hydrogen-bond acceptors (Lipinski definition) is 2. The summed E-state index contributed by atoms with van der Waals surface area (Å²) in [6, 6.07) is 8.10. The van der Waals surface area contributed by atoms with E-state index >= 15 is 0 Å². The third kappa shape index (κ3) is 3.65. The van der Waals surface area contributed by atoms with Crippen LogP contribution >= 0.6 is 0 Å². The standard InChI is InChI=1S/C19H22N2O2/c1-23-11-5-7-15-6-4-10-21(14-15)19(22)12-16-13-20-18-9-3-2-8-17(16)18/h2-6,8-9,11,13,15,20H,7,10,12,14H2,1H3/b11-5+/t15-/m1/s1. The summed E-state index contributed by atoms with van der Waals surface area (Å²) < 4.78 is 4.93. The van der Waals surface area contributed by atoms with Crippen LogP contribution in [0.2, 0.25) is 0 Å². The summed E-state index contributed by atoms with van der Waals surface area (Å²) in [6.07, 6.45) is 11.3. The zero-order valence-corrected chi connectivity index (χ0v) is 13.4. The lowest BCUT2D eigenvalue weighted by Crippen LogP contribution is -2.38. The number of ether oxygens (including phenoxy) is 1. The van der Waals surface area contributed by atoms with E-state index in [1.807, 2.05) is 35.4 Å². The van der Waals surface area contributed by atoms with Crippen molar-refractivity contribution >= 4 is 16.8 Å². The number of rotatable bonds is 5. The minimum Gasteiger partial charge on any atom is -0.505 e. The third-order valence-electron chi connectivity index (χ3n) is 4.23. The van der Waals surface area contributed by atoms with Gasteiger partial charge in [0.2, 0.25) is 5.91 Å². The molecular weight excluding hydrogens is 288 g/mol. The Kier molecular flexibility index (Phi) is 4.81. The number of nitrogens with one attached hydrogen (secondary N) is 1. The largest absolute Gasteiger partial charge is 0.505 e. The van der Waals surface area contributed by atoms with E-state index in [0.29, 0.717) is 18.9 Å². The predicted octanol–water partition coefficient (Wildman–Crippen LogP) is 3.28. The molecule has 3 rings (SSSR count). The van der Waals surface area contributed by atoms with Crippen LogP contribution in [-0.2, 0) is 16.0 Å². The number of benzene rings is 1. The first-order chi connectivity index (χ1) is 11.3. The number of carbonyl (C=O) groups excluding carboxylic acids is 1. The molecule has 0 bridgehead atoms. The number of fused-ring (bicyclic) bond motifs is 1. The first-order valence-corrected chi connectivity index (χ1v) is 7.95. The molecule has 0 unspecified atom stereocenters. The Morgan fingerprint density at radius 1 is 1.43 bits per heavy atom. The predicted molar refractivity (Wildman–Crippen MR) is 92.0 cm³/mol. The molecule has 1 aliphatic rings. The number of nitrogens with zero attached hydrogens (tertiary/aromatic N) is 1. The summed E-state index contributed by atoms with van der Waals surface area (Å²) in [4.78, 5) is 17.8. The Labute approximate surface area is 136 Å². The average molecular weight is 310 g/mol. The molecule has 4 heteroatoms. The Balaban J connectivity index is 1.64. The fourth-order valence-corrected chi connectivity index (χ4v) is 3.03. The highest BCUT2D eigenvalue weighted by Crippen LogP contribution is 2.20. The van der Waals surface area contributed by atoms with Crippen molar-refractivity contribution in [2.75, 3.05) is 20.2 Å². The molecule has 0 aliphatic carbocycles. The van der Waals surface area contributed by atoms with E-state index in [1.54, 1.807) is 13.4 Å². The number of hydrogen-bond donors (Lipinski definition) is 1. The topological polar surface area (TPSA) is 45.3 Å². The van der Waals surface area contributed by atoms with E-state index in [4.69, 9.17) is 4.74 Å². The summed E-state index contributed by atoms with van der Waals surface area (Å²) >= 11 is 0. The van der Waals surface area contributed by atoms with Gasteiger partial charge in [-0.05, 0) is 30.0 Å². The van der Waals surface area contributed by atoms with Gasteiger partial charge in [0.15, 0.2) is 0 Å². The minimum absolute atomic E-state index is 0.180. The van der Waals surface area contributed by atoms with E-state index < -0.39 is 0 Å². The summed E-state index contributed by atoms with van der Waals surface area (Å²) in [7, 11) is 1.64. The maximum absolute atomic E-state index is 12.6. The lowest BCUT2D eigenvalue weighted by Gasteiger charge is -2.28. The number of H-pyrrole nitrogens is 1. The van der Waals surface area contributed by atoms with Crippen LogP contribution in [0.3, 0.4) is 0 Å². The zero-order valence-electron chi connectivity index (χ0n) is 13.4. The van der Waals surface area contributed by atoms with Crippen molar-refractivity contribution in [1.82, 2.24) is 9.88 Å². The van der Waals surface area contributed by atoms with Crippen molar-refractivity contribution in [1.29, 1.82) is 0 Å². The molecule has 0 saturated heterocycles. The van der Waals surface area contributed by atoms with Crippen LogP contribution in [0.25, 0.3) is 10.9 Å². The lowest BCUT2D eigenvalue weighted by molar-refractivity contribution is -0.130. The van der Waals surface area contributed by atoms with Gasteiger partial charge in [0.25, 0.3) is 0 Å². The molecule has 1 aliphatic heterocycles. The van der Waals surface area contributed by atoms with E-state index in [1.165, 1.54) is 0 Å². The van der Waals surface area contributed by atoms with Crippen molar-refractivity contribution in [3.8, 4) is 0 Å². The van der Waals surface area contributed by atoms with Gasteiger partial charge >= 0.3 is 0 Å². The number of carbonyl (C=O) groups is 1. The van der Waals surface area contributed by atoms with Crippen LogP contribution in [0.5, 0.6) is 0 Å². The lowest BCUT2D eigenvalue weighted by atomic mass is 10.0. The molecule has 1 N–H and O–H groups in total. The smallest absolute Gasteiger partial charge is 0.227 e. The normalized spacial score (nSPS) is 18.0. The molecule has 1 amide bonds. The van der Waals surface area contributed by atoms with Gasteiger partial charge in [-0.1, -0.05) is 30.4 Å². The quantitative estimate of drug-likeness (QED) is 0.680. The molecule has 0 saturated carbocycles. The first kappa shape index (κ1) is 15.4.